The third-order valence-electron chi connectivity index (χ3n) is 4.89. The van der Waals surface area contributed by atoms with Crippen LogP contribution in [0.1, 0.15) is 37.1 Å². The lowest BCUT2D eigenvalue weighted by molar-refractivity contribution is 0.533. The van der Waals surface area contributed by atoms with Crippen molar-refractivity contribution in [3.8, 4) is 0 Å². The number of hydrogen-bond donors (Lipinski definition) is 1. The molecular formula is C21H25ClN2. The van der Waals surface area contributed by atoms with E-state index in [1.54, 1.807) is 0 Å². The zero-order valence-corrected chi connectivity index (χ0v) is 15.4. The van der Waals surface area contributed by atoms with E-state index in [-0.39, 0.29) is 0 Å². The van der Waals surface area contributed by atoms with Crippen molar-refractivity contribution in [2.45, 2.75) is 46.3 Å². The molecule has 2 aromatic carbocycles. The lowest BCUT2D eigenvalue weighted by Crippen LogP contribution is -2.24. The second-order valence-corrected chi connectivity index (χ2v) is 6.86. The zero-order chi connectivity index (χ0) is 17.1. The monoisotopic (exact) mass is 340 g/mol. The fourth-order valence-electron chi connectivity index (χ4n) is 3.15. The fourth-order valence-corrected chi connectivity index (χ4v) is 3.34. The third kappa shape index (κ3) is 3.35. The van der Waals surface area contributed by atoms with Crippen molar-refractivity contribution in [1.82, 2.24) is 9.88 Å². The molecule has 0 radical (unpaired) electrons. The van der Waals surface area contributed by atoms with E-state index in [4.69, 9.17) is 11.6 Å². The van der Waals surface area contributed by atoms with Crippen LogP contribution < -0.4 is 5.32 Å². The van der Waals surface area contributed by atoms with Gasteiger partial charge in [0.2, 0.25) is 0 Å². The van der Waals surface area contributed by atoms with Gasteiger partial charge in [-0.25, -0.2) is 0 Å². The molecule has 3 heteroatoms. The molecule has 0 fully saturated rings. The highest BCUT2D eigenvalue weighted by Gasteiger charge is 2.15. The molecule has 0 amide bonds. The van der Waals surface area contributed by atoms with Gasteiger partial charge in [-0.3, -0.25) is 0 Å². The fraction of sp³-hybridized carbons (Fsp3) is 0.333. The summed E-state index contributed by atoms with van der Waals surface area (Å²) in [5.41, 5.74) is 5.13. The predicted molar refractivity (Wildman–Crippen MR) is 104 cm³/mol. The molecule has 0 unspecified atom stereocenters. The van der Waals surface area contributed by atoms with Crippen LogP contribution in [-0.2, 0) is 13.1 Å². The van der Waals surface area contributed by atoms with Crippen molar-refractivity contribution in [3.63, 3.8) is 0 Å². The van der Waals surface area contributed by atoms with E-state index in [0.29, 0.717) is 6.04 Å². The van der Waals surface area contributed by atoms with Crippen molar-refractivity contribution in [2.75, 3.05) is 0 Å². The molecule has 1 atom stereocenters. The predicted octanol–water partition coefficient (Wildman–Crippen LogP) is 5.54. The first-order valence-corrected chi connectivity index (χ1v) is 9.03. The summed E-state index contributed by atoms with van der Waals surface area (Å²) < 4.78 is 2.38. The molecule has 1 aromatic heterocycles. The number of para-hydroxylation sites is 1. The molecule has 0 saturated carbocycles. The minimum absolute atomic E-state index is 0.523. The average molecular weight is 341 g/mol. The SMILES string of the molecule is CC[C@H](C)NCc1c(C)n(Cc2ccccc2Cl)c2ccccc12. The highest BCUT2D eigenvalue weighted by atomic mass is 35.5. The standard InChI is InChI=1S/C21H25ClN2/c1-4-15(2)23-13-19-16(3)24(21-12-8-6-10-18(19)21)14-17-9-5-7-11-20(17)22/h5-12,15,23H,4,13-14H2,1-3H3/t15-/m0/s1. The van der Waals surface area contributed by atoms with Gasteiger partial charge in [-0.05, 0) is 43.5 Å². The van der Waals surface area contributed by atoms with Gasteiger partial charge in [0.1, 0.15) is 0 Å². The summed E-state index contributed by atoms with van der Waals surface area (Å²) in [5, 5.41) is 5.79. The molecule has 3 aromatic rings. The number of rotatable bonds is 6. The van der Waals surface area contributed by atoms with Crippen LogP contribution in [0.25, 0.3) is 10.9 Å². The topological polar surface area (TPSA) is 17.0 Å². The quantitative estimate of drug-likeness (QED) is 0.623. The Kier molecular flexibility index (Phi) is 5.27. The molecule has 0 bridgehead atoms. The van der Waals surface area contributed by atoms with Crippen LogP contribution >= 0.6 is 11.6 Å². The summed E-state index contributed by atoms with van der Waals surface area (Å²) in [4.78, 5) is 0. The summed E-state index contributed by atoms with van der Waals surface area (Å²) in [6.07, 6.45) is 1.14. The van der Waals surface area contributed by atoms with Gasteiger partial charge in [0.05, 0.1) is 0 Å². The lowest BCUT2D eigenvalue weighted by atomic mass is 10.1. The molecule has 126 valence electrons. The maximum Gasteiger partial charge on any atom is 0.0493 e. The van der Waals surface area contributed by atoms with Crippen LogP contribution in [0, 0.1) is 6.92 Å². The summed E-state index contributed by atoms with van der Waals surface area (Å²) in [6, 6.07) is 17.3. The van der Waals surface area contributed by atoms with Gasteiger partial charge < -0.3 is 9.88 Å². The molecular weight excluding hydrogens is 316 g/mol. The minimum Gasteiger partial charge on any atom is -0.340 e. The van der Waals surface area contributed by atoms with E-state index < -0.39 is 0 Å². The largest absolute Gasteiger partial charge is 0.340 e. The Balaban J connectivity index is 2.02. The van der Waals surface area contributed by atoms with Crippen molar-refractivity contribution in [2.24, 2.45) is 0 Å². The van der Waals surface area contributed by atoms with Gasteiger partial charge in [0.25, 0.3) is 0 Å². The van der Waals surface area contributed by atoms with Crippen molar-refractivity contribution in [3.05, 3.63) is 70.4 Å². The van der Waals surface area contributed by atoms with Crippen LogP contribution in [0.5, 0.6) is 0 Å². The number of aromatic nitrogens is 1. The van der Waals surface area contributed by atoms with E-state index in [1.165, 1.54) is 22.2 Å². The summed E-state index contributed by atoms with van der Waals surface area (Å²) in [6.45, 7) is 8.36. The van der Waals surface area contributed by atoms with Gasteiger partial charge in [0.15, 0.2) is 0 Å². The first kappa shape index (κ1) is 17.1. The van der Waals surface area contributed by atoms with Crippen molar-refractivity contribution >= 4 is 22.5 Å². The summed E-state index contributed by atoms with van der Waals surface area (Å²) >= 11 is 6.38. The van der Waals surface area contributed by atoms with Gasteiger partial charge >= 0.3 is 0 Å². The molecule has 0 spiro atoms. The highest BCUT2D eigenvalue weighted by molar-refractivity contribution is 6.31. The Labute approximate surface area is 149 Å². The maximum absolute atomic E-state index is 6.38. The highest BCUT2D eigenvalue weighted by Crippen LogP contribution is 2.28. The smallest absolute Gasteiger partial charge is 0.0493 e. The summed E-state index contributed by atoms with van der Waals surface area (Å²) in [7, 11) is 0. The number of fused-ring (bicyclic) bond motifs is 1. The average Bonchev–Trinajstić information content (AvgIpc) is 2.86. The Morgan fingerprint density at radius 2 is 1.79 bits per heavy atom. The molecule has 0 saturated heterocycles. The molecule has 24 heavy (non-hydrogen) atoms. The molecule has 2 nitrogen and oxygen atoms in total. The van der Waals surface area contributed by atoms with Gasteiger partial charge in [-0.15, -0.1) is 0 Å². The first-order valence-electron chi connectivity index (χ1n) is 8.65. The van der Waals surface area contributed by atoms with Crippen LogP contribution in [0.3, 0.4) is 0 Å². The Morgan fingerprint density at radius 3 is 2.54 bits per heavy atom. The zero-order valence-electron chi connectivity index (χ0n) is 14.6. The summed E-state index contributed by atoms with van der Waals surface area (Å²) in [5.74, 6) is 0. The number of benzene rings is 2. The number of nitrogens with zero attached hydrogens (tertiary/aromatic N) is 1. The minimum atomic E-state index is 0.523. The molecule has 1 heterocycles. The Morgan fingerprint density at radius 1 is 1.08 bits per heavy atom. The van der Waals surface area contributed by atoms with Gasteiger partial charge in [-0.1, -0.05) is 54.9 Å². The van der Waals surface area contributed by atoms with Crippen LogP contribution in [0.15, 0.2) is 48.5 Å². The van der Waals surface area contributed by atoms with E-state index in [1.807, 2.05) is 18.2 Å². The van der Waals surface area contributed by atoms with Crippen LogP contribution in [-0.4, -0.2) is 10.6 Å². The molecule has 0 aliphatic carbocycles. The van der Waals surface area contributed by atoms with E-state index in [0.717, 1.165) is 30.1 Å². The molecule has 0 aliphatic heterocycles. The van der Waals surface area contributed by atoms with Crippen molar-refractivity contribution in [1.29, 1.82) is 0 Å². The second kappa shape index (κ2) is 7.42. The van der Waals surface area contributed by atoms with Crippen molar-refractivity contribution < 1.29 is 0 Å². The third-order valence-corrected chi connectivity index (χ3v) is 5.26. The Bertz CT molecular complexity index is 835. The number of hydrogen-bond acceptors (Lipinski definition) is 1. The first-order chi connectivity index (χ1) is 11.6. The normalized spacial score (nSPS) is 12.7. The second-order valence-electron chi connectivity index (χ2n) is 6.45. The lowest BCUT2D eigenvalue weighted by Gasteiger charge is -2.13. The molecule has 1 N–H and O–H groups in total. The Hall–Kier alpha value is -1.77. The van der Waals surface area contributed by atoms with Crippen LogP contribution in [0.4, 0.5) is 0 Å². The maximum atomic E-state index is 6.38. The number of nitrogens with one attached hydrogen (secondary N) is 1. The van der Waals surface area contributed by atoms with Gasteiger partial charge in [0, 0.05) is 40.8 Å². The van der Waals surface area contributed by atoms with Crippen LogP contribution in [0.2, 0.25) is 5.02 Å². The van der Waals surface area contributed by atoms with E-state index in [2.05, 4.69) is 61.0 Å². The molecule has 0 aliphatic rings. The van der Waals surface area contributed by atoms with Gasteiger partial charge in [-0.2, -0.15) is 0 Å². The van der Waals surface area contributed by atoms with E-state index >= 15 is 0 Å². The number of halogens is 1. The van der Waals surface area contributed by atoms with E-state index in [9.17, 15) is 0 Å². The molecule has 3 rings (SSSR count).